The second-order valence-corrected chi connectivity index (χ2v) is 39.3. The fourth-order valence-electron chi connectivity index (χ4n) is 22.2. The fraction of sp³-hybridized carbons (Fsp3) is 0.0426. The normalized spacial score (nSPS) is 12.2. The predicted octanol–water partition coefficient (Wildman–Crippen LogP) is 35.0. The summed E-state index contributed by atoms with van der Waals surface area (Å²) >= 11 is 0. The van der Waals surface area contributed by atoms with Gasteiger partial charge in [-0.1, -0.05) is 463 Å². The Morgan fingerprint density at radius 1 is 0.127 bits per heavy atom. The number of fused-ring (bicyclic) bond motifs is 12. The lowest BCUT2D eigenvalue weighted by Crippen LogP contribution is -2.14. The molecule has 3 heterocycles. The van der Waals surface area contributed by atoms with Crippen LogP contribution in [0.2, 0.25) is 0 Å². The van der Waals surface area contributed by atoms with Crippen LogP contribution in [-0.4, -0.2) is 44.9 Å². The molecule has 0 amide bonds. The molecule has 4 aliphatic rings. The van der Waals surface area contributed by atoms with Crippen LogP contribution >= 0.6 is 0 Å². The van der Waals surface area contributed by atoms with E-state index in [9.17, 15) is 0 Å². The molecule has 0 N–H and O–H groups in total. The quantitative estimate of drug-likeness (QED) is 0.0879. The van der Waals surface area contributed by atoms with Crippen molar-refractivity contribution in [3.63, 3.8) is 0 Å². The molecule has 706 valence electrons. The number of aromatic nitrogens is 9. The maximum absolute atomic E-state index is 5.16. The van der Waals surface area contributed by atoms with Crippen molar-refractivity contribution < 1.29 is 0 Å². The van der Waals surface area contributed by atoms with Crippen molar-refractivity contribution in [1.82, 2.24) is 44.9 Å². The molecular weight excluding hydrogens is 1820 g/mol. The molecule has 0 bridgehead atoms. The van der Waals surface area contributed by atoms with Gasteiger partial charge in [0.05, 0.1) is 0 Å². The van der Waals surface area contributed by atoms with Crippen LogP contribution in [0.3, 0.4) is 0 Å². The summed E-state index contributed by atoms with van der Waals surface area (Å²) in [7, 11) is 0. The van der Waals surface area contributed by atoms with E-state index in [2.05, 4.69) is 372 Å². The van der Waals surface area contributed by atoms with Gasteiger partial charge in [0.15, 0.2) is 52.4 Å². The Labute approximate surface area is 873 Å². The topological polar surface area (TPSA) is 116 Å². The van der Waals surface area contributed by atoms with E-state index < -0.39 is 0 Å². The summed E-state index contributed by atoms with van der Waals surface area (Å²) in [6.45, 7) is 4.69. The lowest BCUT2D eigenvalue weighted by molar-refractivity contribution is 0.660. The highest BCUT2D eigenvalue weighted by Crippen LogP contribution is 2.53. The van der Waals surface area contributed by atoms with Crippen LogP contribution in [-0.2, 0) is 24.7 Å². The zero-order valence-electron chi connectivity index (χ0n) is 82.7. The highest BCUT2D eigenvalue weighted by molar-refractivity contribution is 5.94. The molecule has 0 unspecified atom stereocenters. The average Bonchev–Trinajstić information content (AvgIpc) is 1.55. The summed E-state index contributed by atoms with van der Waals surface area (Å²) in [4.78, 5) is 45.2. The monoisotopic (exact) mass is 1920 g/mol. The summed E-state index contributed by atoms with van der Waals surface area (Å²) in [5, 5.41) is 0. The van der Waals surface area contributed by atoms with Crippen LogP contribution in [0.4, 0.5) is 0 Å². The smallest absolute Gasteiger partial charge is 0.164 e. The van der Waals surface area contributed by atoms with Crippen molar-refractivity contribution in [1.29, 1.82) is 0 Å². The molecule has 9 heteroatoms. The van der Waals surface area contributed by atoms with Crippen LogP contribution < -0.4 is 0 Å². The first-order valence-electron chi connectivity index (χ1n) is 51.3. The van der Waals surface area contributed by atoms with Crippen molar-refractivity contribution >= 4 is 0 Å². The maximum Gasteiger partial charge on any atom is 0.164 e. The molecule has 4 aliphatic carbocycles. The Bertz CT molecular complexity index is 9090. The van der Waals surface area contributed by atoms with Gasteiger partial charge in [-0.15, -0.1) is 0 Å². The second-order valence-electron chi connectivity index (χ2n) is 39.3. The van der Waals surface area contributed by atoms with Crippen LogP contribution in [0.15, 0.2) is 516 Å². The minimum atomic E-state index is -0.0994. The van der Waals surface area contributed by atoms with Crippen molar-refractivity contribution in [2.24, 2.45) is 0 Å². The molecule has 0 aliphatic heterocycles. The lowest BCUT2D eigenvalue weighted by atomic mass is 9.81. The summed E-state index contributed by atoms with van der Waals surface area (Å²) in [6.07, 6.45) is 2.82. The van der Waals surface area contributed by atoms with Crippen LogP contribution in [0, 0.1) is 0 Å². The van der Waals surface area contributed by atoms with Gasteiger partial charge < -0.3 is 0 Å². The molecule has 28 rings (SSSR count). The lowest BCUT2D eigenvalue weighted by Gasteiger charge is -2.22. The Morgan fingerprint density at radius 3 is 0.693 bits per heavy atom. The van der Waals surface area contributed by atoms with E-state index in [-0.39, 0.29) is 5.41 Å². The molecule has 0 radical (unpaired) electrons. The Morgan fingerprint density at radius 2 is 0.333 bits per heavy atom. The Kier molecular flexibility index (Phi) is 23.8. The Balaban J connectivity index is 0.000000114. The molecule has 150 heavy (non-hydrogen) atoms. The van der Waals surface area contributed by atoms with Crippen LogP contribution in [0.25, 0.3) is 236 Å². The first-order valence-corrected chi connectivity index (χ1v) is 51.3. The maximum atomic E-state index is 5.16. The molecule has 3 aromatic heterocycles. The molecule has 0 spiro atoms. The van der Waals surface area contributed by atoms with Gasteiger partial charge in [0.25, 0.3) is 0 Å². The van der Waals surface area contributed by atoms with E-state index >= 15 is 0 Å². The van der Waals surface area contributed by atoms with Gasteiger partial charge in [-0.2, -0.15) is 0 Å². The number of hydrogen-bond donors (Lipinski definition) is 0. The zero-order valence-corrected chi connectivity index (χ0v) is 82.7. The summed E-state index contributed by atoms with van der Waals surface area (Å²) in [6, 6.07) is 182. The third kappa shape index (κ3) is 17.8. The molecule has 0 saturated carbocycles. The van der Waals surface area contributed by atoms with Crippen LogP contribution in [0.1, 0.15) is 58.4 Å². The van der Waals surface area contributed by atoms with E-state index in [1.54, 1.807) is 0 Å². The largest absolute Gasteiger partial charge is 0.208 e. The minimum absolute atomic E-state index is 0.0994. The molecule has 0 saturated heterocycles. The standard InChI is InChI=1S/C49H35N3.2C46H31N3/c1-49(2)44-23-12-11-20-41(44)42-25-24-33(30-45(42)49)35-26-36(39-21-13-22-40-38-19-10-9-18-34(38)29-43(39)40)28-37(27-35)48-51-46(31-14-5-3-6-15-31)50-47(52-48)32-16-7-4-8-17-32;1-4-14-31(15-5-1)37-27-38(29-39(28-37)41-24-13-25-42-40-23-11-10-20-35(40)30-43(41)42)34-21-12-22-36(26-34)46-48-44(32-16-6-2-7-17-32)47-45(49-46)33-18-8-3-9-19-33;1-4-13-31(14-5-1)37-27-38(32-23-25-33(26-24-32)40-21-12-22-42-41-20-11-10-19-36(41)30-43(40)42)29-39(28-37)46-48-44(34-15-6-2-7-16-34)47-45(49-46)35-17-8-3-9-18-35/h3-28,30H,29H2,1-2H3;2*1-29H,30H2. The summed E-state index contributed by atoms with van der Waals surface area (Å²) in [5.74, 6) is 5.87. The third-order valence-electron chi connectivity index (χ3n) is 29.7. The molecule has 0 fully saturated rings. The van der Waals surface area contributed by atoms with Gasteiger partial charge in [0, 0.05) is 55.5 Å². The minimum Gasteiger partial charge on any atom is -0.208 e. The fourth-order valence-corrected chi connectivity index (χ4v) is 22.2. The Hall–Kier alpha value is -19.4. The van der Waals surface area contributed by atoms with E-state index in [1.165, 1.54) is 134 Å². The van der Waals surface area contributed by atoms with Crippen molar-refractivity contribution in [2.75, 3.05) is 0 Å². The van der Waals surface area contributed by atoms with Gasteiger partial charge >= 0.3 is 0 Å². The number of benzene rings is 21. The first kappa shape index (κ1) is 90.6. The summed E-state index contributed by atoms with van der Waals surface area (Å²) in [5.41, 5.74) is 49.0. The van der Waals surface area contributed by atoms with Gasteiger partial charge in [-0.25, -0.2) is 44.9 Å². The number of rotatable bonds is 17. The average molecular weight is 1920 g/mol. The van der Waals surface area contributed by atoms with Crippen molar-refractivity contribution in [3.8, 4) is 236 Å². The van der Waals surface area contributed by atoms with E-state index in [0.717, 1.165) is 114 Å². The first-order chi connectivity index (χ1) is 74.0. The van der Waals surface area contributed by atoms with Gasteiger partial charge in [-0.05, 0) is 264 Å². The molecular formula is C141H97N9. The van der Waals surface area contributed by atoms with Crippen molar-refractivity contribution in [2.45, 2.75) is 38.5 Å². The highest BCUT2D eigenvalue weighted by Gasteiger charge is 2.36. The SMILES string of the molecule is CC1(C)c2ccccc2-c2ccc(-c3cc(-c4nc(-c5ccccc5)nc(-c5ccccc5)n4)cc(-c4cccc5c4Cc4ccccc4-5)c3)cc21.c1ccc(-c2cc(-c3ccc(-c4cccc5c4Cc4ccccc4-5)cc3)cc(-c3nc(-c4ccccc4)nc(-c4ccccc4)n3)c2)cc1.c1ccc(-c2cc(-c3cccc(-c4nc(-c5ccccc5)nc(-c5ccccc5)n4)c3)cc(-c3cccc4c3Cc3ccccc3-4)c2)cc1. The van der Waals surface area contributed by atoms with E-state index in [1.807, 2.05) is 158 Å². The van der Waals surface area contributed by atoms with E-state index in [4.69, 9.17) is 44.9 Å². The molecule has 0 atom stereocenters. The highest BCUT2D eigenvalue weighted by atomic mass is 15.1. The zero-order chi connectivity index (χ0) is 100.0. The third-order valence-corrected chi connectivity index (χ3v) is 29.7. The molecule has 21 aromatic carbocycles. The van der Waals surface area contributed by atoms with Crippen molar-refractivity contribution in [3.05, 3.63) is 560 Å². The van der Waals surface area contributed by atoms with Gasteiger partial charge in [0.1, 0.15) is 0 Å². The molecule has 24 aromatic rings. The van der Waals surface area contributed by atoms with Gasteiger partial charge in [-0.3, -0.25) is 0 Å². The van der Waals surface area contributed by atoms with Gasteiger partial charge in [0.2, 0.25) is 0 Å². The number of hydrogen-bond acceptors (Lipinski definition) is 9. The van der Waals surface area contributed by atoms with E-state index in [0.29, 0.717) is 52.4 Å². The number of nitrogens with zero attached hydrogens (tertiary/aromatic N) is 9. The molecule has 9 nitrogen and oxygen atoms in total. The second kappa shape index (κ2) is 39.3. The predicted molar refractivity (Wildman–Crippen MR) is 614 cm³/mol. The summed E-state index contributed by atoms with van der Waals surface area (Å²) < 4.78 is 0. The van der Waals surface area contributed by atoms with Crippen LogP contribution in [0.5, 0.6) is 0 Å².